The summed E-state index contributed by atoms with van der Waals surface area (Å²) in [6.07, 6.45) is 0. The van der Waals surface area contributed by atoms with Gasteiger partial charge in [-0.1, -0.05) is 51.1 Å². The van der Waals surface area contributed by atoms with Crippen molar-refractivity contribution in [2.75, 3.05) is 13.2 Å². The molecule has 0 amide bonds. The van der Waals surface area contributed by atoms with E-state index in [2.05, 4.69) is 33.9 Å². The Labute approximate surface area is 141 Å². The molecule has 1 atom stereocenters. The van der Waals surface area contributed by atoms with E-state index in [1.807, 2.05) is 30.3 Å². The molecule has 0 aliphatic carbocycles. The van der Waals surface area contributed by atoms with Crippen LogP contribution >= 0.6 is 0 Å². The highest BCUT2D eigenvalue weighted by Crippen LogP contribution is 2.36. The molecule has 0 radical (unpaired) electrons. The molecular weight excluding hydrogens is 330 g/mol. The first-order valence-corrected chi connectivity index (χ1v) is 12.2. The van der Waals surface area contributed by atoms with E-state index in [4.69, 9.17) is 14.3 Å². The van der Waals surface area contributed by atoms with E-state index in [9.17, 15) is 8.42 Å². The van der Waals surface area contributed by atoms with E-state index in [1.165, 1.54) is 0 Å². The minimum atomic E-state index is -3.72. The van der Waals surface area contributed by atoms with Crippen LogP contribution in [0.25, 0.3) is 0 Å². The second-order valence-electron chi connectivity index (χ2n) is 7.28. The molecule has 1 aromatic rings. The van der Waals surface area contributed by atoms with Crippen LogP contribution in [0.1, 0.15) is 26.3 Å². The Hall–Kier alpha value is -0.733. The van der Waals surface area contributed by atoms with Crippen molar-refractivity contribution in [2.45, 2.75) is 50.8 Å². The SMILES string of the molecule is CC(C)(C)[Si](C)(C)OCC(COCc1ccccc1)S(N)(=O)=O. The first-order chi connectivity index (χ1) is 10.4. The Bertz CT molecular complexity index is 582. The van der Waals surface area contributed by atoms with Gasteiger partial charge in [0.1, 0.15) is 5.25 Å². The minimum Gasteiger partial charge on any atom is -0.415 e. The predicted octanol–water partition coefficient (Wildman–Crippen LogP) is 2.88. The van der Waals surface area contributed by atoms with Crippen molar-refractivity contribution in [3.8, 4) is 0 Å². The van der Waals surface area contributed by atoms with Crippen LogP contribution in [0.4, 0.5) is 0 Å². The maximum atomic E-state index is 11.8. The summed E-state index contributed by atoms with van der Waals surface area (Å²) in [6.45, 7) is 10.9. The molecule has 1 unspecified atom stereocenters. The van der Waals surface area contributed by atoms with Crippen molar-refractivity contribution in [1.82, 2.24) is 0 Å². The van der Waals surface area contributed by atoms with Gasteiger partial charge < -0.3 is 9.16 Å². The van der Waals surface area contributed by atoms with Crippen LogP contribution in [0.3, 0.4) is 0 Å². The molecule has 1 rings (SSSR count). The fourth-order valence-corrected chi connectivity index (χ4v) is 3.35. The fourth-order valence-electron chi connectivity index (χ4n) is 1.64. The number of rotatable bonds is 8. The summed E-state index contributed by atoms with van der Waals surface area (Å²) in [5, 5.41) is 4.49. The lowest BCUT2D eigenvalue weighted by Crippen LogP contribution is -2.45. The van der Waals surface area contributed by atoms with Crippen molar-refractivity contribution < 1.29 is 17.6 Å². The lowest BCUT2D eigenvalue weighted by molar-refractivity contribution is 0.107. The van der Waals surface area contributed by atoms with Gasteiger partial charge in [0.25, 0.3) is 0 Å². The Balaban J connectivity index is 2.61. The number of hydrogen-bond donors (Lipinski definition) is 1. The largest absolute Gasteiger partial charge is 0.415 e. The number of sulfonamides is 1. The summed E-state index contributed by atoms with van der Waals surface area (Å²) in [5.74, 6) is 0. The average Bonchev–Trinajstić information content (AvgIpc) is 2.41. The highest BCUT2D eigenvalue weighted by molar-refractivity contribution is 7.89. The molecule has 0 spiro atoms. The number of ether oxygens (including phenoxy) is 1. The summed E-state index contributed by atoms with van der Waals surface area (Å²) in [4.78, 5) is 0. The lowest BCUT2D eigenvalue weighted by atomic mass is 10.2. The third-order valence-electron chi connectivity index (χ3n) is 4.32. The zero-order valence-electron chi connectivity index (χ0n) is 14.7. The van der Waals surface area contributed by atoms with Gasteiger partial charge in [0.2, 0.25) is 10.0 Å². The topological polar surface area (TPSA) is 78.6 Å². The molecule has 1 aromatic carbocycles. The summed E-state index contributed by atoms with van der Waals surface area (Å²) >= 11 is 0. The smallest absolute Gasteiger partial charge is 0.216 e. The first kappa shape index (κ1) is 20.3. The second-order valence-corrected chi connectivity index (χ2v) is 13.9. The number of hydrogen-bond acceptors (Lipinski definition) is 4. The van der Waals surface area contributed by atoms with Gasteiger partial charge in [-0.2, -0.15) is 0 Å². The molecule has 23 heavy (non-hydrogen) atoms. The summed E-state index contributed by atoms with van der Waals surface area (Å²) < 4.78 is 35.1. The zero-order chi connectivity index (χ0) is 17.7. The molecule has 0 aromatic heterocycles. The molecule has 0 heterocycles. The second kappa shape index (κ2) is 7.89. The maximum absolute atomic E-state index is 11.8. The fraction of sp³-hybridized carbons (Fsp3) is 0.625. The molecule has 0 aliphatic heterocycles. The van der Waals surface area contributed by atoms with E-state index in [0.717, 1.165) is 5.56 Å². The molecule has 5 nitrogen and oxygen atoms in total. The number of benzene rings is 1. The quantitative estimate of drug-likeness (QED) is 0.724. The van der Waals surface area contributed by atoms with Gasteiger partial charge >= 0.3 is 0 Å². The van der Waals surface area contributed by atoms with Crippen molar-refractivity contribution in [3.05, 3.63) is 35.9 Å². The predicted molar refractivity (Wildman–Crippen MR) is 96.1 cm³/mol. The summed E-state index contributed by atoms with van der Waals surface area (Å²) in [5.41, 5.74) is 0.992. The maximum Gasteiger partial charge on any atom is 0.216 e. The standard InChI is InChI=1S/C16H29NO4SSi/c1-16(2,3)23(4,5)21-13-15(22(17,18)19)12-20-11-14-9-7-6-8-10-14/h6-10,15H,11-13H2,1-5H3,(H2,17,18,19). The van der Waals surface area contributed by atoms with Gasteiger partial charge in [-0.25, -0.2) is 13.6 Å². The summed E-state index contributed by atoms with van der Waals surface area (Å²) in [6, 6.07) is 9.60. The van der Waals surface area contributed by atoms with Gasteiger partial charge in [0.05, 0.1) is 19.8 Å². The Kier molecular flexibility index (Phi) is 6.97. The molecule has 0 bridgehead atoms. The molecule has 132 valence electrons. The Morgan fingerprint density at radius 2 is 1.70 bits per heavy atom. The lowest BCUT2D eigenvalue weighted by Gasteiger charge is -2.37. The zero-order valence-corrected chi connectivity index (χ0v) is 16.5. The van der Waals surface area contributed by atoms with E-state index in [-0.39, 0.29) is 18.3 Å². The molecule has 0 saturated heterocycles. The third-order valence-corrected chi connectivity index (χ3v) is 10.0. The van der Waals surface area contributed by atoms with Crippen molar-refractivity contribution in [1.29, 1.82) is 0 Å². The highest BCUT2D eigenvalue weighted by Gasteiger charge is 2.38. The Morgan fingerprint density at radius 3 is 2.17 bits per heavy atom. The molecule has 0 fully saturated rings. The van der Waals surface area contributed by atoms with Gasteiger partial charge in [-0.05, 0) is 23.7 Å². The van der Waals surface area contributed by atoms with Crippen LogP contribution in [0.15, 0.2) is 30.3 Å². The van der Waals surface area contributed by atoms with Crippen LogP contribution in [-0.4, -0.2) is 35.2 Å². The molecule has 0 aliphatic rings. The van der Waals surface area contributed by atoms with Crippen molar-refractivity contribution in [3.63, 3.8) is 0 Å². The summed E-state index contributed by atoms with van der Waals surface area (Å²) in [7, 11) is -5.74. The van der Waals surface area contributed by atoms with Crippen molar-refractivity contribution >= 4 is 18.3 Å². The van der Waals surface area contributed by atoms with Gasteiger partial charge in [0.15, 0.2) is 8.32 Å². The third kappa shape index (κ3) is 6.72. The van der Waals surface area contributed by atoms with Gasteiger partial charge in [0, 0.05) is 0 Å². The van der Waals surface area contributed by atoms with E-state index in [0.29, 0.717) is 6.61 Å². The first-order valence-electron chi connectivity index (χ1n) is 7.71. The monoisotopic (exact) mass is 359 g/mol. The Morgan fingerprint density at radius 1 is 1.13 bits per heavy atom. The van der Waals surface area contributed by atoms with Crippen LogP contribution in [0, 0.1) is 0 Å². The number of nitrogens with two attached hydrogens (primary N) is 1. The molecule has 0 saturated carbocycles. The average molecular weight is 360 g/mol. The highest BCUT2D eigenvalue weighted by atomic mass is 32.2. The van der Waals surface area contributed by atoms with E-state index >= 15 is 0 Å². The molecular formula is C16H29NO4SSi. The minimum absolute atomic E-state index is 0.0147. The van der Waals surface area contributed by atoms with Gasteiger partial charge in [-0.15, -0.1) is 0 Å². The molecule has 2 N–H and O–H groups in total. The van der Waals surface area contributed by atoms with Crippen LogP contribution in [0.5, 0.6) is 0 Å². The van der Waals surface area contributed by atoms with E-state index < -0.39 is 23.6 Å². The van der Waals surface area contributed by atoms with Crippen molar-refractivity contribution in [2.24, 2.45) is 5.14 Å². The van der Waals surface area contributed by atoms with E-state index in [1.54, 1.807) is 0 Å². The van der Waals surface area contributed by atoms with Crippen LogP contribution in [-0.2, 0) is 25.8 Å². The molecule has 7 heteroatoms. The van der Waals surface area contributed by atoms with Crippen LogP contribution < -0.4 is 5.14 Å². The van der Waals surface area contributed by atoms with Gasteiger partial charge in [-0.3, -0.25) is 0 Å². The van der Waals surface area contributed by atoms with Crippen LogP contribution in [0.2, 0.25) is 18.1 Å². The number of primary sulfonamides is 1. The normalized spacial score (nSPS) is 14.7.